The number of hydrogen-bond acceptors (Lipinski definition) is 11. The minimum Gasteiger partial charge on any atom is -0.488 e. The third kappa shape index (κ3) is 8.34. The van der Waals surface area contributed by atoms with Gasteiger partial charge in [0.25, 0.3) is 0 Å². The van der Waals surface area contributed by atoms with E-state index >= 15 is 0 Å². The first-order chi connectivity index (χ1) is 25.1. The third-order valence-electron chi connectivity index (χ3n) is 10.2. The molecule has 8 rings (SSSR count). The molecule has 53 heavy (non-hydrogen) atoms. The molecule has 2 aliphatic heterocycles. The second-order valence-corrected chi connectivity index (χ2v) is 18.6. The zero-order chi connectivity index (χ0) is 36.0. The molecule has 3 aromatic heterocycles. The summed E-state index contributed by atoms with van der Waals surface area (Å²) in [5, 5.41) is 16.6. The molecule has 0 bridgehead atoms. The lowest BCUT2D eigenvalue weighted by molar-refractivity contribution is 0.150. The normalized spacial score (nSPS) is 17.1. The molecule has 0 amide bonds. The van der Waals surface area contributed by atoms with Crippen molar-refractivity contribution in [3.63, 3.8) is 0 Å². The van der Waals surface area contributed by atoms with Crippen molar-refractivity contribution in [2.24, 2.45) is 7.05 Å². The molecule has 1 aliphatic carbocycles. The number of aromatic nitrogens is 5. The molecule has 3 N–H and O–H groups in total. The first kappa shape index (κ1) is 37.6. The van der Waals surface area contributed by atoms with Gasteiger partial charge in [-0.2, -0.15) is 10.1 Å². The van der Waals surface area contributed by atoms with Gasteiger partial charge in [-0.3, -0.25) is 14.6 Å². The molecule has 0 spiro atoms. The van der Waals surface area contributed by atoms with Gasteiger partial charge in [0.1, 0.15) is 18.7 Å². The summed E-state index contributed by atoms with van der Waals surface area (Å²) >= 11 is 3.65. The maximum atomic E-state index is 13.7. The fourth-order valence-corrected chi connectivity index (χ4v) is 9.21. The van der Waals surface area contributed by atoms with Gasteiger partial charge in [-0.1, -0.05) is 6.07 Å². The molecule has 15 heteroatoms. The van der Waals surface area contributed by atoms with Crippen molar-refractivity contribution in [1.82, 2.24) is 34.9 Å². The number of hydrogen-bond donors (Lipinski definition) is 3. The number of benzene rings is 2. The molecule has 3 fully saturated rings. The van der Waals surface area contributed by atoms with Gasteiger partial charge in [-0.15, -0.1) is 12.4 Å². The summed E-state index contributed by atoms with van der Waals surface area (Å²) in [4.78, 5) is 19.4. The Labute approximate surface area is 325 Å². The summed E-state index contributed by atoms with van der Waals surface area (Å²) in [6.45, 7) is 11.9. The number of aryl methyl sites for hydroxylation is 2. The zero-order valence-electron chi connectivity index (χ0n) is 30.6. The molecule has 0 unspecified atom stereocenters. The van der Waals surface area contributed by atoms with Crippen LogP contribution in [0.2, 0.25) is 0 Å². The Morgan fingerprint density at radius 2 is 1.72 bits per heavy atom. The lowest BCUT2D eigenvalue weighted by Crippen LogP contribution is -2.52. The summed E-state index contributed by atoms with van der Waals surface area (Å²) < 4.78 is 22.8. The van der Waals surface area contributed by atoms with E-state index in [4.69, 9.17) is 9.72 Å². The number of piperidine rings is 1. The van der Waals surface area contributed by atoms with Crippen molar-refractivity contribution in [2.75, 3.05) is 68.1 Å². The Balaban J connectivity index is 0.00000435. The molecule has 2 aromatic carbocycles. The third-order valence-corrected chi connectivity index (χ3v) is 12.3. The number of pyridine rings is 1. The van der Waals surface area contributed by atoms with Crippen molar-refractivity contribution in [2.45, 2.75) is 44.8 Å². The van der Waals surface area contributed by atoms with Gasteiger partial charge in [-0.25, -0.2) is 4.98 Å². The van der Waals surface area contributed by atoms with Crippen LogP contribution >= 0.6 is 35.5 Å². The van der Waals surface area contributed by atoms with E-state index in [0.717, 1.165) is 121 Å². The van der Waals surface area contributed by atoms with Crippen LogP contribution in [0, 0.1) is 6.92 Å². The highest BCUT2D eigenvalue weighted by Crippen LogP contribution is 2.44. The van der Waals surface area contributed by atoms with E-state index in [2.05, 4.69) is 75.1 Å². The van der Waals surface area contributed by atoms with E-state index in [-0.39, 0.29) is 18.5 Å². The van der Waals surface area contributed by atoms with Gasteiger partial charge in [0.05, 0.1) is 33.7 Å². The van der Waals surface area contributed by atoms with E-state index in [9.17, 15) is 4.57 Å². The lowest BCUT2D eigenvalue weighted by atomic mass is 9.98. The summed E-state index contributed by atoms with van der Waals surface area (Å²) in [7, 11) is -0.770. The molecule has 0 radical (unpaired) electrons. The zero-order valence-corrected chi connectivity index (χ0v) is 33.9. The van der Waals surface area contributed by atoms with Crippen LogP contribution in [0.4, 0.5) is 28.8 Å². The molecule has 5 heterocycles. The van der Waals surface area contributed by atoms with E-state index in [0.29, 0.717) is 22.3 Å². The van der Waals surface area contributed by atoms with Crippen LogP contribution in [0.5, 0.6) is 5.75 Å². The number of nitrogens with one attached hydrogen (secondary N) is 3. The minimum absolute atomic E-state index is 0. The SMILES string of the molecule is Cc1ccc2c(P(C)(C)=O)c(Nc3nc(Nc4cc(-c5cnn(C)c5)c(N5CCC(N6CCNCC6)CC5)cc4OC4CC4)ncc3Br)ccc2n1.Cl. The van der Waals surface area contributed by atoms with Crippen LogP contribution < -0.4 is 30.9 Å². The van der Waals surface area contributed by atoms with Gasteiger partial charge in [0.2, 0.25) is 5.95 Å². The van der Waals surface area contributed by atoms with E-state index in [1.54, 1.807) is 19.5 Å². The highest BCUT2D eigenvalue weighted by atomic mass is 79.9. The Morgan fingerprint density at radius 3 is 2.42 bits per heavy atom. The number of ether oxygens (including phenoxy) is 1. The number of piperazine rings is 1. The van der Waals surface area contributed by atoms with Gasteiger partial charge in [0.15, 0.2) is 0 Å². The van der Waals surface area contributed by atoms with Crippen LogP contribution in [-0.4, -0.2) is 94.4 Å². The van der Waals surface area contributed by atoms with Gasteiger partial charge in [0, 0.05) is 104 Å². The molecule has 1 saturated carbocycles. The maximum Gasteiger partial charge on any atom is 0.229 e. The molecule has 280 valence electrons. The van der Waals surface area contributed by atoms with Crippen LogP contribution in [0.15, 0.2) is 59.5 Å². The molecular formula is C38H47BrClN10O2P. The van der Waals surface area contributed by atoms with Gasteiger partial charge >= 0.3 is 0 Å². The number of fused-ring (bicyclic) bond motifs is 1. The second kappa shape index (κ2) is 15.5. The van der Waals surface area contributed by atoms with Crippen molar-refractivity contribution in [1.29, 1.82) is 0 Å². The van der Waals surface area contributed by atoms with Gasteiger partial charge < -0.3 is 30.2 Å². The first-order valence-electron chi connectivity index (χ1n) is 18.1. The number of rotatable bonds is 10. The van der Waals surface area contributed by atoms with Crippen LogP contribution in [0.3, 0.4) is 0 Å². The summed E-state index contributed by atoms with van der Waals surface area (Å²) in [5.41, 5.74) is 6.52. The topological polar surface area (TPSA) is 125 Å². The standard InChI is InChI=1S/C38H46BrN10O2P.ClH/c1-24-5-8-28-31(43-24)9-10-32(36(28)52(3,4)50)44-37-30(39)22-41-38(46-37)45-33-19-29(25-21-42-47(2)23-25)34(20-35(33)51-27-6-7-27)49-15-11-26(12-16-49)48-17-13-40-14-18-48;/h5,8-10,19-23,26-27,40H,6-7,11-18H2,1-4H3,(H2,41,44,45,46);1H. The van der Waals surface area contributed by atoms with E-state index in [1.165, 1.54) is 0 Å². The molecule has 12 nitrogen and oxygen atoms in total. The first-order valence-corrected chi connectivity index (χ1v) is 21.5. The summed E-state index contributed by atoms with van der Waals surface area (Å²) in [6, 6.07) is 12.8. The lowest BCUT2D eigenvalue weighted by Gasteiger charge is -2.41. The molecular weight excluding hydrogens is 775 g/mol. The number of nitrogens with zero attached hydrogens (tertiary/aromatic N) is 7. The Bertz CT molecular complexity index is 2160. The molecule has 2 saturated heterocycles. The largest absolute Gasteiger partial charge is 0.488 e. The summed E-state index contributed by atoms with van der Waals surface area (Å²) in [5.74, 6) is 1.74. The average molecular weight is 822 g/mol. The second-order valence-electron chi connectivity index (χ2n) is 14.6. The Morgan fingerprint density at radius 1 is 0.943 bits per heavy atom. The Hall–Kier alpha value is -3.74. The predicted octanol–water partition coefficient (Wildman–Crippen LogP) is 7.07. The quantitative estimate of drug-likeness (QED) is 0.125. The highest BCUT2D eigenvalue weighted by Gasteiger charge is 2.30. The van der Waals surface area contributed by atoms with E-state index in [1.807, 2.05) is 49.1 Å². The average Bonchev–Trinajstić information content (AvgIpc) is 3.85. The molecule has 5 aromatic rings. The number of halogens is 2. The number of anilines is 5. The smallest absolute Gasteiger partial charge is 0.229 e. The summed E-state index contributed by atoms with van der Waals surface area (Å²) in [6.07, 6.45) is 10.3. The van der Waals surface area contributed by atoms with Gasteiger partial charge in [-0.05, 0) is 86.1 Å². The monoisotopic (exact) mass is 820 g/mol. The Kier molecular flexibility index (Phi) is 11.0. The fourth-order valence-electron chi connectivity index (χ4n) is 7.44. The van der Waals surface area contributed by atoms with Crippen LogP contribution in [0.1, 0.15) is 31.4 Å². The van der Waals surface area contributed by atoms with Crippen molar-refractivity contribution >= 4 is 80.5 Å². The van der Waals surface area contributed by atoms with E-state index < -0.39 is 7.14 Å². The van der Waals surface area contributed by atoms with Crippen molar-refractivity contribution < 1.29 is 9.30 Å². The fraction of sp³-hybridized carbons (Fsp3) is 0.421. The maximum absolute atomic E-state index is 13.7. The van der Waals surface area contributed by atoms with Crippen molar-refractivity contribution in [3.8, 4) is 16.9 Å². The highest BCUT2D eigenvalue weighted by molar-refractivity contribution is 9.10. The predicted molar refractivity (Wildman–Crippen MR) is 221 cm³/mol. The molecule has 3 aliphatic rings. The van der Waals surface area contributed by atoms with Crippen molar-refractivity contribution in [3.05, 3.63) is 65.2 Å². The van der Waals surface area contributed by atoms with Crippen LogP contribution in [0.25, 0.3) is 22.0 Å². The minimum atomic E-state index is -2.72. The molecule has 0 atom stereocenters. The van der Waals surface area contributed by atoms with Crippen LogP contribution in [-0.2, 0) is 11.6 Å².